The van der Waals surface area contributed by atoms with E-state index in [-0.39, 0.29) is 5.56 Å². The maximum absolute atomic E-state index is 12.2. The maximum atomic E-state index is 12.2. The average molecular weight is 357 g/mol. The van der Waals surface area contributed by atoms with Crippen LogP contribution in [0.15, 0.2) is 29.3 Å². The number of hydrogen-bond acceptors (Lipinski definition) is 8. The van der Waals surface area contributed by atoms with Gasteiger partial charge in [0.05, 0.1) is 13.2 Å². The first kappa shape index (κ1) is 16.8. The highest BCUT2D eigenvalue weighted by molar-refractivity contribution is 5.47. The smallest absolute Gasteiger partial charge is 0.293 e. The second-order valence-corrected chi connectivity index (χ2v) is 6.49. The number of ether oxygens (including phenoxy) is 1. The number of nitrogens with zero attached hydrogens (tertiary/aromatic N) is 7. The number of piperazine rings is 1. The van der Waals surface area contributed by atoms with E-state index in [1.54, 1.807) is 24.0 Å². The minimum Gasteiger partial charge on any atom is -0.378 e. The molecule has 0 aliphatic carbocycles. The first-order valence-corrected chi connectivity index (χ1v) is 8.90. The number of aromatic nitrogens is 4. The van der Waals surface area contributed by atoms with Gasteiger partial charge in [-0.15, -0.1) is 10.2 Å². The standard InChI is InChI=1S/C17H23N7O2/c1-21-5-4-18-16(17(21)25)24-8-6-22(7-9-24)14-2-3-15(20-19-14)23-10-12-26-13-11-23/h2-5H,6-13H2,1H3. The van der Waals surface area contributed by atoms with Crippen molar-refractivity contribution < 1.29 is 4.74 Å². The molecule has 9 nitrogen and oxygen atoms in total. The summed E-state index contributed by atoms with van der Waals surface area (Å²) >= 11 is 0. The highest BCUT2D eigenvalue weighted by atomic mass is 16.5. The first-order valence-electron chi connectivity index (χ1n) is 8.90. The molecule has 0 unspecified atom stereocenters. The van der Waals surface area contributed by atoms with Gasteiger partial charge in [0.15, 0.2) is 17.5 Å². The molecule has 2 saturated heterocycles. The van der Waals surface area contributed by atoms with Gasteiger partial charge in [-0.05, 0) is 12.1 Å². The number of aryl methyl sites for hydroxylation is 1. The third-order valence-electron chi connectivity index (χ3n) is 4.87. The lowest BCUT2D eigenvalue weighted by Gasteiger charge is -2.35. The van der Waals surface area contributed by atoms with Crippen molar-refractivity contribution in [2.45, 2.75) is 0 Å². The van der Waals surface area contributed by atoms with E-state index in [0.717, 1.165) is 64.1 Å². The van der Waals surface area contributed by atoms with Crippen molar-refractivity contribution in [3.63, 3.8) is 0 Å². The SMILES string of the molecule is Cn1ccnc(N2CCN(c3ccc(N4CCOCC4)nn3)CC2)c1=O. The Morgan fingerprint density at radius 1 is 0.885 bits per heavy atom. The highest BCUT2D eigenvalue weighted by Gasteiger charge is 2.22. The van der Waals surface area contributed by atoms with Crippen LogP contribution in [0, 0.1) is 0 Å². The largest absolute Gasteiger partial charge is 0.378 e. The summed E-state index contributed by atoms with van der Waals surface area (Å²) in [6, 6.07) is 4.04. The van der Waals surface area contributed by atoms with E-state index in [1.807, 2.05) is 17.0 Å². The van der Waals surface area contributed by atoms with Gasteiger partial charge >= 0.3 is 0 Å². The quantitative estimate of drug-likeness (QED) is 0.743. The van der Waals surface area contributed by atoms with Gasteiger partial charge in [0.1, 0.15) is 0 Å². The lowest BCUT2D eigenvalue weighted by atomic mass is 10.3. The van der Waals surface area contributed by atoms with Crippen molar-refractivity contribution >= 4 is 17.5 Å². The van der Waals surface area contributed by atoms with Gasteiger partial charge in [0.2, 0.25) is 0 Å². The molecule has 26 heavy (non-hydrogen) atoms. The van der Waals surface area contributed by atoms with Crippen LogP contribution in [0.2, 0.25) is 0 Å². The minimum atomic E-state index is -0.0596. The molecular formula is C17H23N7O2. The van der Waals surface area contributed by atoms with Gasteiger partial charge in [-0.25, -0.2) is 4.98 Å². The molecule has 2 aromatic heterocycles. The van der Waals surface area contributed by atoms with Crippen molar-refractivity contribution in [3.05, 3.63) is 34.9 Å². The van der Waals surface area contributed by atoms with E-state index in [0.29, 0.717) is 5.82 Å². The summed E-state index contributed by atoms with van der Waals surface area (Å²) in [5, 5.41) is 8.78. The number of rotatable bonds is 3. The first-order chi connectivity index (χ1) is 12.7. The summed E-state index contributed by atoms with van der Waals surface area (Å²) in [6.07, 6.45) is 3.34. The topological polar surface area (TPSA) is 79.6 Å². The summed E-state index contributed by atoms with van der Waals surface area (Å²) in [5.74, 6) is 2.28. The maximum Gasteiger partial charge on any atom is 0.293 e. The van der Waals surface area contributed by atoms with Crippen molar-refractivity contribution in [2.24, 2.45) is 7.05 Å². The third-order valence-corrected chi connectivity index (χ3v) is 4.87. The zero-order chi connectivity index (χ0) is 17.9. The molecular weight excluding hydrogens is 334 g/mol. The van der Waals surface area contributed by atoms with Crippen LogP contribution in [-0.4, -0.2) is 72.2 Å². The fourth-order valence-electron chi connectivity index (χ4n) is 3.30. The van der Waals surface area contributed by atoms with Crippen LogP contribution < -0.4 is 20.3 Å². The van der Waals surface area contributed by atoms with Crippen LogP contribution in [-0.2, 0) is 11.8 Å². The van der Waals surface area contributed by atoms with Crippen molar-refractivity contribution in [2.75, 3.05) is 67.2 Å². The van der Waals surface area contributed by atoms with Crippen LogP contribution >= 0.6 is 0 Å². The van der Waals surface area contributed by atoms with Gasteiger partial charge in [-0.1, -0.05) is 0 Å². The molecule has 9 heteroatoms. The zero-order valence-electron chi connectivity index (χ0n) is 14.9. The van der Waals surface area contributed by atoms with Crippen molar-refractivity contribution in [1.29, 1.82) is 0 Å². The van der Waals surface area contributed by atoms with Gasteiger partial charge in [0, 0.05) is 58.7 Å². The van der Waals surface area contributed by atoms with E-state index >= 15 is 0 Å². The van der Waals surface area contributed by atoms with E-state index in [4.69, 9.17) is 4.74 Å². The Bertz CT molecular complexity index is 794. The minimum absolute atomic E-state index is 0.0596. The summed E-state index contributed by atoms with van der Waals surface area (Å²) in [5.41, 5.74) is -0.0596. The monoisotopic (exact) mass is 357 g/mol. The van der Waals surface area contributed by atoms with E-state index in [1.165, 1.54) is 0 Å². The summed E-state index contributed by atoms with van der Waals surface area (Å²) in [4.78, 5) is 22.9. The predicted molar refractivity (Wildman–Crippen MR) is 99.0 cm³/mol. The fraction of sp³-hybridized carbons (Fsp3) is 0.529. The molecule has 0 bridgehead atoms. The van der Waals surface area contributed by atoms with Crippen LogP contribution in [0.25, 0.3) is 0 Å². The van der Waals surface area contributed by atoms with Gasteiger partial charge in [-0.2, -0.15) is 0 Å². The number of hydrogen-bond donors (Lipinski definition) is 0. The molecule has 2 fully saturated rings. The molecule has 0 N–H and O–H groups in total. The molecule has 2 aromatic rings. The molecule has 2 aliphatic heterocycles. The summed E-state index contributed by atoms with van der Waals surface area (Å²) in [7, 11) is 1.75. The van der Waals surface area contributed by atoms with Crippen LogP contribution in [0.4, 0.5) is 17.5 Å². The lowest BCUT2D eigenvalue weighted by molar-refractivity contribution is 0.122. The Morgan fingerprint density at radius 3 is 2.08 bits per heavy atom. The molecule has 0 amide bonds. The van der Waals surface area contributed by atoms with Crippen molar-refractivity contribution in [1.82, 2.24) is 19.7 Å². The molecule has 0 spiro atoms. The third kappa shape index (κ3) is 3.34. The highest BCUT2D eigenvalue weighted by Crippen LogP contribution is 2.18. The lowest BCUT2D eigenvalue weighted by Crippen LogP contribution is -2.49. The Balaban J connectivity index is 1.40. The molecule has 4 heterocycles. The normalized spacial score (nSPS) is 18.3. The average Bonchev–Trinajstić information content (AvgIpc) is 2.71. The van der Waals surface area contributed by atoms with Crippen LogP contribution in [0.1, 0.15) is 0 Å². The molecule has 0 radical (unpaired) electrons. The van der Waals surface area contributed by atoms with Gasteiger partial charge < -0.3 is 24.0 Å². The Kier molecular flexibility index (Phi) is 4.70. The summed E-state index contributed by atoms with van der Waals surface area (Å²) < 4.78 is 6.93. The molecule has 4 rings (SSSR count). The second kappa shape index (κ2) is 7.28. The van der Waals surface area contributed by atoms with Gasteiger partial charge in [-0.3, -0.25) is 4.79 Å². The van der Waals surface area contributed by atoms with E-state index in [2.05, 4.69) is 25.0 Å². The predicted octanol–water partition coefficient (Wildman–Crippen LogP) is -0.266. The van der Waals surface area contributed by atoms with Crippen LogP contribution in [0.5, 0.6) is 0 Å². The molecule has 0 aromatic carbocycles. The van der Waals surface area contributed by atoms with Gasteiger partial charge in [0.25, 0.3) is 5.56 Å². The van der Waals surface area contributed by atoms with E-state index in [9.17, 15) is 4.79 Å². The number of anilines is 3. The van der Waals surface area contributed by atoms with Crippen molar-refractivity contribution in [3.8, 4) is 0 Å². The summed E-state index contributed by atoms with van der Waals surface area (Å²) in [6.45, 7) is 6.21. The second-order valence-electron chi connectivity index (χ2n) is 6.49. The molecule has 0 atom stereocenters. The molecule has 0 saturated carbocycles. The Hall–Kier alpha value is -2.68. The van der Waals surface area contributed by atoms with Crippen LogP contribution in [0.3, 0.4) is 0 Å². The number of morpholine rings is 1. The molecule has 138 valence electrons. The zero-order valence-corrected chi connectivity index (χ0v) is 14.9. The molecule has 2 aliphatic rings. The van der Waals surface area contributed by atoms with E-state index < -0.39 is 0 Å². The Morgan fingerprint density at radius 2 is 1.46 bits per heavy atom. The fourth-order valence-corrected chi connectivity index (χ4v) is 3.30. The Labute approximate surface area is 151 Å².